The molecule has 2 heterocycles. The van der Waals surface area contributed by atoms with Crippen LogP contribution in [0.15, 0.2) is 17.5 Å². The summed E-state index contributed by atoms with van der Waals surface area (Å²) in [6, 6.07) is 2.88. The Hall–Kier alpha value is -1.97. The Morgan fingerprint density at radius 3 is 2.68 bits per heavy atom. The summed E-state index contributed by atoms with van der Waals surface area (Å²) in [4.78, 5) is 43.9. The van der Waals surface area contributed by atoms with Crippen molar-refractivity contribution in [2.24, 2.45) is 23.5 Å². The first-order valence-corrected chi connectivity index (χ1v) is 13.5. The molecule has 0 spiro atoms. The molecular weight excluding hydrogens is 452 g/mol. The minimum absolute atomic E-state index is 0.0768. The zero-order valence-electron chi connectivity index (χ0n) is 20.1. The van der Waals surface area contributed by atoms with Gasteiger partial charge in [-0.1, -0.05) is 12.5 Å². The molecule has 3 aliphatic rings. The van der Waals surface area contributed by atoms with E-state index < -0.39 is 6.04 Å². The fourth-order valence-electron chi connectivity index (χ4n) is 5.45. The molecule has 2 aliphatic carbocycles. The lowest BCUT2D eigenvalue weighted by Crippen LogP contribution is -2.47. The second kappa shape index (κ2) is 11.6. The molecule has 3 amide bonds. The van der Waals surface area contributed by atoms with E-state index in [4.69, 9.17) is 10.5 Å². The third-order valence-corrected chi connectivity index (χ3v) is 8.41. The maximum absolute atomic E-state index is 13.4. The van der Waals surface area contributed by atoms with Crippen molar-refractivity contribution in [3.05, 3.63) is 22.4 Å². The van der Waals surface area contributed by atoms with Crippen LogP contribution in [0.25, 0.3) is 0 Å². The number of methoxy groups -OCH3 is 1. The van der Waals surface area contributed by atoms with E-state index in [2.05, 4.69) is 5.32 Å². The minimum Gasteiger partial charge on any atom is -0.383 e. The molecule has 188 valence electrons. The van der Waals surface area contributed by atoms with Crippen molar-refractivity contribution in [2.45, 2.75) is 57.0 Å². The van der Waals surface area contributed by atoms with Gasteiger partial charge in [-0.05, 0) is 68.4 Å². The molecule has 4 unspecified atom stereocenters. The van der Waals surface area contributed by atoms with E-state index in [-0.39, 0.29) is 29.7 Å². The van der Waals surface area contributed by atoms with Gasteiger partial charge in [0, 0.05) is 32.7 Å². The van der Waals surface area contributed by atoms with E-state index in [1.807, 2.05) is 16.3 Å². The summed E-state index contributed by atoms with van der Waals surface area (Å²) in [5, 5.41) is 5.01. The Morgan fingerprint density at radius 2 is 2.00 bits per heavy atom. The minimum atomic E-state index is -0.578. The molecule has 8 nitrogen and oxygen atoms in total. The number of nitrogens with two attached hydrogens (primary N) is 1. The molecule has 3 N–H and O–H groups in total. The van der Waals surface area contributed by atoms with Crippen molar-refractivity contribution in [1.29, 1.82) is 0 Å². The van der Waals surface area contributed by atoms with Crippen LogP contribution in [-0.2, 0) is 14.3 Å². The van der Waals surface area contributed by atoms with Gasteiger partial charge >= 0.3 is 0 Å². The molecule has 9 heteroatoms. The Balaban J connectivity index is 1.46. The third kappa shape index (κ3) is 5.98. The van der Waals surface area contributed by atoms with E-state index in [1.54, 1.807) is 18.1 Å². The van der Waals surface area contributed by atoms with Crippen LogP contribution in [0.5, 0.6) is 0 Å². The van der Waals surface area contributed by atoms with Crippen LogP contribution in [0.4, 0.5) is 0 Å². The average molecular weight is 491 g/mol. The Kier molecular flexibility index (Phi) is 8.60. The fourth-order valence-corrected chi connectivity index (χ4v) is 6.13. The number of ether oxygens (including phenoxy) is 1. The molecule has 0 aromatic carbocycles. The first-order valence-electron chi connectivity index (χ1n) is 12.6. The molecule has 4 atom stereocenters. The van der Waals surface area contributed by atoms with Gasteiger partial charge in [-0.25, -0.2) is 0 Å². The molecular formula is C25H38N4O4S. The van der Waals surface area contributed by atoms with Crippen molar-refractivity contribution >= 4 is 29.1 Å². The zero-order chi connectivity index (χ0) is 24.1. The molecule has 1 saturated heterocycles. The second-order valence-electron chi connectivity index (χ2n) is 10.0. The van der Waals surface area contributed by atoms with Gasteiger partial charge in [0.2, 0.25) is 11.8 Å². The average Bonchev–Trinajstić information content (AvgIpc) is 3.38. The first-order chi connectivity index (χ1) is 16.5. The summed E-state index contributed by atoms with van der Waals surface area (Å²) in [7, 11) is 1.62. The lowest BCUT2D eigenvalue weighted by Gasteiger charge is -2.29. The summed E-state index contributed by atoms with van der Waals surface area (Å²) in [6.07, 6.45) is 6.76. The van der Waals surface area contributed by atoms with Crippen LogP contribution < -0.4 is 11.1 Å². The number of hydrogen-bond donors (Lipinski definition) is 2. The zero-order valence-corrected chi connectivity index (χ0v) is 20.9. The topological polar surface area (TPSA) is 105 Å². The summed E-state index contributed by atoms with van der Waals surface area (Å²) >= 11 is 1.38. The highest BCUT2D eigenvalue weighted by molar-refractivity contribution is 7.12. The van der Waals surface area contributed by atoms with Crippen LogP contribution >= 0.6 is 11.3 Å². The van der Waals surface area contributed by atoms with E-state index >= 15 is 0 Å². The van der Waals surface area contributed by atoms with Crippen LogP contribution in [0.3, 0.4) is 0 Å². The SMILES string of the molecule is COCCN(C(=O)C1CC1)C1CC(C(=O)NCC2CCCC(CN)C2)N(C(=O)c2cccs2)C1. The van der Waals surface area contributed by atoms with Gasteiger partial charge in [-0.15, -0.1) is 11.3 Å². The van der Waals surface area contributed by atoms with Crippen molar-refractivity contribution in [3.63, 3.8) is 0 Å². The summed E-state index contributed by atoms with van der Waals surface area (Å²) in [5.41, 5.74) is 5.88. The van der Waals surface area contributed by atoms with Gasteiger partial charge in [-0.2, -0.15) is 0 Å². The van der Waals surface area contributed by atoms with Crippen LogP contribution in [0.1, 0.15) is 54.6 Å². The summed E-state index contributed by atoms with van der Waals surface area (Å²) in [6.45, 7) is 2.61. The molecule has 1 aromatic rings. The monoisotopic (exact) mass is 490 g/mol. The summed E-state index contributed by atoms with van der Waals surface area (Å²) in [5.74, 6) is 0.914. The van der Waals surface area contributed by atoms with Gasteiger partial charge in [0.05, 0.1) is 17.5 Å². The van der Waals surface area contributed by atoms with Crippen molar-refractivity contribution < 1.29 is 19.1 Å². The summed E-state index contributed by atoms with van der Waals surface area (Å²) < 4.78 is 5.25. The standard InChI is InChI=1S/C25H38N4O4S/c1-33-10-9-28(24(31)19-7-8-19)20-13-21(29(16-20)25(32)22-6-3-11-34-22)23(30)27-15-18-5-2-4-17(12-18)14-26/h3,6,11,17-21H,2,4-5,7-10,12-16,26H2,1H3,(H,27,30). The number of hydrogen-bond acceptors (Lipinski definition) is 6. The third-order valence-electron chi connectivity index (χ3n) is 7.55. The Morgan fingerprint density at radius 1 is 1.21 bits per heavy atom. The van der Waals surface area contributed by atoms with Gasteiger partial charge < -0.3 is 25.6 Å². The second-order valence-corrected chi connectivity index (χ2v) is 11.0. The van der Waals surface area contributed by atoms with Crippen molar-refractivity contribution in [2.75, 3.05) is 39.9 Å². The first kappa shape index (κ1) is 25.1. The van der Waals surface area contributed by atoms with E-state index in [9.17, 15) is 14.4 Å². The number of carbonyl (C=O) groups excluding carboxylic acids is 3. The van der Waals surface area contributed by atoms with Gasteiger partial charge in [0.15, 0.2) is 0 Å². The van der Waals surface area contributed by atoms with Gasteiger partial charge in [0.25, 0.3) is 5.91 Å². The van der Waals surface area contributed by atoms with Crippen LogP contribution in [0, 0.1) is 17.8 Å². The largest absolute Gasteiger partial charge is 0.383 e. The van der Waals surface area contributed by atoms with E-state index in [0.717, 1.165) is 32.1 Å². The highest BCUT2D eigenvalue weighted by Gasteiger charge is 2.45. The molecule has 4 rings (SSSR count). The highest BCUT2D eigenvalue weighted by Crippen LogP contribution is 2.34. The lowest BCUT2D eigenvalue weighted by molar-refractivity contribution is -0.135. The molecule has 1 aliphatic heterocycles. The number of rotatable bonds is 10. The normalized spacial score (nSPS) is 26.9. The number of amides is 3. The van der Waals surface area contributed by atoms with Crippen LogP contribution in [-0.4, -0.2) is 79.5 Å². The van der Waals surface area contributed by atoms with Gasteiger partial charge in [0.1, 0.15) is 6.04 Å². The Bertz CT molecular complexity index is 844. The van der Waals surface area contributed by atoms with E-state index in [1.165, 1.54) is 17.8 Å². The predicted molar refractivity (Wildman–Crippen MR) is 131 cm³/mol. The number of thiophene rings is 1. The quantitative estimate of drug-likeness (QED) is 0.523. The molecule has 3 fully saturated rings. The predicted octanol–water partition coefficient (Wildman–Crippen LogP) is 2.10. The lowest BCUT2D eigenvalue weighted by atomic mass is 9.81. The van der Waals surface area contributed by atoms with Gasteiger partial charge in [-0.3, -0.25) is 14.4 Å². The molecule has 0 bridgehead atoms. The number of nitrogens with zero attached hydrogens (tertiary/aromatic N) is 2. The molecule has 1 aromatic heterocycles. The van der Waals surface area contributed by atoms with Crippen molar-refractivity contribution in [3.8, 4) is 0 Å². The highest BCUT2D eigenvalue weighted by atomic mass is 32.1. The van der Waals surface area contributed by atoms with Crippen molar-refractivity contribution in [1.82, 2.24) is 15.1 Å². The number of carbonyl (C=O) groups is 3. The molecule has 0 radical (unpaired) electrons. The maximum atomic E-state index is 13.4. The maximum Gasteiger partial charge on any atom is 0.264 e. The van der Waals surface area contributed by atoms with Crippen LogP contribution in [0.2, 0.25) is 0 Å². The fraction of sp³-hybridized carbons (Fsp3) is 0.720. The number of nitrogens with one attached hydrogen (secondary N) is 1. The smallest absolute Gasteiger partial charge is 0.264 e. The number of likely N-dealkylation sites (tertiary alicyclic amines) is 1. The van der Waals surface area contributed by atoms with E-state index in [0.29, 0.717) is 55.9 Å². The molecule has 34 heavy (non-hydrogen) atoms. The molecule has 2 saturated carbocycles. The Labute approximate surface area is 206 Å².